The summed E-state index contributed by atoms with van der Waals surface area (Å²) in [5, 5.41) is 6.43. The van der Waals surface area contributed by atoms with Gasteiger partial charge in [-0.2, -0.15) is 0 Å². The summed E-state index contributed by atoms with van der Waals surface area (Å²) in [5.41, 5.74) is 3.95. The fraction of sp³-hybridized carbons (Fsp3) is 0.381. The van der Waals surface area contributed by atoms with E-state index in [1.807, 2.05) is 38.4 Å². The van der Waals surface area contributed by atoms with Crippen LogP contribution in [0.4, 0.5) is 16.2 Å². The molecule has 2 aromatic carbocycles. The highest BCUT2D eigenvalue weighted by molar-refractivity contribution is 6.31. The molecular weight excluding hydrogens is 376 g/mol. The molecule has 0 spiro atoms. The van der Waals surface area contributed by atoms with Gasteiger partial charge in [-0.1, -0.05) is 35.9 Å². The summed E-state index contributed by atoms with van der Waals surface area (Å²) in [4.78, 5) is 16.7. The molecule has 1 aliphatic heterocycles. The van der Waals surface area contributed by atoms with Gasteiger partial charge in [0.1, 0.15) is 0 Å². The number of nitrogens with zero attached hydrogens (tertiary/aromatic N) is 2. The molecule has 1 saturated heterocycles. The molecule has 0 bridgehead atoms. The maximum atomic E-state index is 12.4. The summed E-state index contributed by atoms with van der Waals surface area (Å²) < 4.78 is 5.41. The summed E-state index contributed by atoms with van der Waals surface area (Å²) in [6, 6.07) is 13.5. The molecule has 6 nitrogen and oxygen atoms in total. The van der Waals surface area contributed by atoms with Gasteiger partial charge in [-0.15, -0.1) is 0 Å². The third kappa shape index (κ3) is 5.86. The number of hydrogen-bond donors (Lipinski definition) is 2. The Morgan fingerprint density at radius 1 is 1.11 bits per heavy atom. The second-order valence-corrected chi connectivity index (χ2v) is 7.56. The first-order valence-electron chi connectivity index (χ1n) is 9.41. The molecule has 1 heterocycles. The lowest BCUT2D eigenvalue weighted by Gasteiger charge is -2.30. The number of carbonyl (C=O) groups is 1. The zero-order valence-corrected chi connectivity index (χ0v) is 17.1. The first-order valence-corrected chi connectivity index (χ1v) is 9.79. The molecule has 0 aliphatic carbocycles. The van der Waals surface area contributed by atoms with Crippen LogP contribution in [-0.2, 0) is 17.8 Å². The number of hydrogen-bond acceptors (Lipinski definition) is 4. The van der Waals surface area contributed by atoms with Gasteiger partial charge < -0.3 is 25.2 Å². The number of rotatable bonds is 6. The Morgan fingerprint density at radius 2 is 1.79 bits per heavy atom. The van der Waals surface area contributed by atoms with Crippen molar-refractivity contribution in [3.8, 4) is 0 Å². The van der Waals surface area contributed by atoms with E-state index in [2.05, 4.69) is 32.6 Å². The maximum absolute atomic E-state index is 12.4. The number of carbonyl (C=O) groups excluding carboxylic acids is 1. The molecule has 2 aromatic rings. The Balaban J connectivity index is 1.59. The molecular formula is C21H27ClN4O2. The van der Waals surface area contributed by atoms with Crippen molar-refractivity contribution in [2.24, 2.45) is 0 Å². The van der Waals surface area contributed by atoms with Crippen LogP contribution in [0.1, 0.15) is 11.1 Å². The van der Waals surface area contributed by atoms with Gasteiger partial charge in [-0.25, -0.2) is 4.79 Å². The minimum Gasteiger partial charge on any atom is -0.378 e. The summed E-state index contributed by atoms with van der Waals surface area (Å²) in [7, 11) is 4.08. The average molecular weight is 403 g/mol. The van der Waals surface area contributed by atoms with Crippen LogP contribution in [0.2, 0.25) is 5.02 Å². The minimum atomic E-state index is -0.255. The lowest BCUT2D eigenvalue weighted by atomic mass is 10.1. The minimum absolute atomic E-state index is 0.255. The fourth-order valence-electron chi connectivity index (χ4n) is 3.16. The van der Waals surface area contributed by atoms with Gasteiger partial charge in [0.2, 0.25) is 0 Å². The van der Waals surface area contributed by atoms with E-state index in [0.717, 1.165) is 30.9 Å². The number of nitrogens with one attached hydrogen (secondary N) is 2. The molecule has 0 radical (unpaired) electrons. The molecule has 150 valence electrons. The number of urea groups is 1. The molecule has 1 aliphatic rings. The van der Waals surface area contributed by atoms with Crippen molar-refractivity contribution in [2.75, 3.05) is 50.6 Å². The predicted octanol–water partition coefficient (Wildman–Crippen LogP) is 3.56. The normalized spacial score (nSPS) is 14.2. The van der Waals surface area contributed by atoms with Crippen LogP contribution in [0, 0.1) is 0 Å². The van der Waals surface area contributed by atoms with E-state index >= 15 is 0 Å². The van der Waals surface area contributed by atoms with Gasteiger partial charge in [0, 0.05) is 31.2 Å². The van der Waals surface area contributed by atoms with Crippen molar-refractivity contribution in [2.45, 2.75) is 13.1 Å². The zero-order valence-electron chi connectivity index (χ0n) is 16.4. The summed E-state index contributed by atoms with van der Waals surface area (Å²) >= 11 is 6.14. The topological polar surface area (TPSA) is 56.8 Å². The Bertz CT molecular complexity index is 789. The van der Waals surface area contributed by atoms with Crippen LogP contribution in [0.15, 0.2) is 42.5 Å². The van der Waals surface area contributed by atoms with Crippen LogP contribution in [0.25, 0.3) is 0 Å². The van der Waals surface area contributed by atoms with Crippen LogP contribution < -0.4 is 15.5 Å². The van der Waals surface area contributed by atoms with Gasteiger partial charge in [0.05, 0.1) is 24.6 Å². The summed E-state index contributed by atoms with van der Waals surface area (Å²) in [6.45, 7) is 4.29. The van der Waals surface area contributed by atoms with E-state index < -0.39 is 0 Å². The van der Waals surface area contributed by atoms with Crippen LogP contribution in [0.3, 0.4) is 0 Å². The lowest BCUT2D eigenvalue weighted by molar-refractivity contribution is 0.123. The first-order chi connectivity index (χ1) is 13.5. The van der Waals surface area contributed by atoms with Gasteiger partial charge in [0.15, 0.2) is 0 Å². The van der Waals surface area contributed by atoms with E-state index in [4.69, 9.17) is 16.3 Å². The zero-order chi connectivity index (χ0) is 19.9. The molecule has 0 unspecified atom stereocenters. The van der Waals surface area contributed by atoms with Gasteiger partial charge in [0.25, 0.3) is 0 Å². The van der Waals surface area contributed by atoms with Crippen molar-refractivity contribution in [1.29, 1.82) is 0 Å². The Morgan fingerprint density at radius 3 is 2.46 bits per heavy atom. The number of amides is 2. The Hall–Kier alpha value is -2.28. The fourth-order valence-corrected chi connectivity index (χ4v) is 3.34. The molecule has 0 aromatic heterocycles. The van der Waals surface area contributed by atoms with Crippen molar-refractivity contribution < 1.29 is 9.53 Å². The van der Waals surface area contributed by atoms with Gasteiger partial charge in [-0.3, -0.25) is 0 Å². The molecule has 0 atom stereocenters. The van der Waals surface area contributed by atoms with E-state index in [1.165, 1.54) is 5.56 Å². The molecule has 3 rings (SSSR count). The maximum Gasteiger partial charge on any atom is 0.319 e. The number of benzene rings is 2. The van der Waals surface area contributed by atoms with Crippen molar-refractivity contribution >= 4 is 29.0 Å². The Kier molecular flexibility index (Phi) is 7.14. The highest BCUT2D eigenvalue weighted by Crippen LogP contribution is 2.29. The smallest absolute Gasteiger partial charge is 0.319 e. The van der Waals surface area contributed by atoms with Gasteiger partial charge in [-0.05, 0) is 43.4 Å². The summed E-state index contributed by atoms with van der Waals surface area (Å²) in [6.07, 6.45) is 0. The van der Waals surface area contributed by atoms with Crippen molar-refractivity contribution in [3.05, 3.63) is 58.6 Å². The predicted molar refractivity (Wildman–Crippen MR) is 114 cm³/mol. The van der Waals surface area contributed by atoms with Gasteiger partial charge >= 0.3 is 6.03 Å². The van der Waals surface area contributed by atoms with Crippen LogP contribution >= 0.6 is 11.6 Å². The lowest BCUT2D eigenvalue weighted by Crippen LogP contribution is -2.37. The van der Waals surface area contributed by atoms with Crippen LogP contribution in [0.5, 0.6) is 0 Å². The quantitative estimate of drug-likeness (QED) is 0.775. The highest BCUT2D eigenvalue weighted by atomic mass is 35.5. The molecule has 7 heteroatoms. The molecule has 0 saturated carbocycles. The summed E-state index contributed by atoms with van der Waals surface area (Å²) in [5.74, 6) is 0. The number of morpholine rings is 1. The third-order valence-electron chi connectivity index (χ3n) is 4.53. The largest absolute Gasteiger partial charge is 0.378 e. The highest BCUT2D eigenvalue weighted by Gasteiger charge is 2.16. The third-order valence-corrected chi connectivity index (χ3v) is 4.77. The average Bonchev–Trinajstić information content (AvgIpc) is 2.68. The van der Waals surface area contributed by atoms with Crippen molar-refractivity contribution in [3.63, 3.8) is 0 Å². The second-order valence-electron chi connectivity index (χ2n) is 7.12. The number of halogens is 1. The standard InChI is InChI=1S/C21H27ClN4O2/c1-25(2)15-17-5-3-16(4-6-17)14-23-21(27)24-19-13-18(22)7-8-20(19)26-9-11-28-12-10-26/h3-8,13H,9-12,14-15H2,1-2H3,(H2,23,24,27). The Labute approximate surface area is 171 Å². The molecule has 2 N–H and O–H groups in total. The van der Waals surface area contributed by atoms with Crippen molar-refractivity contribution in [1.82, 2.24) is 10.2 Å². The molecule has 2 amide bonds. The molecule has 1 fully saturated rings. The number of ether oxygens (including phenoxy) is 1. The van der Waals surface area contributed by atoms with E-state index in [-0.39, 0.29) is 6.03 Å². The monoisotopic (exact) mass is 402 g/mol. The van der Waals surface area contributed by atoms with E-state index in [9.17, 15) is 4.79 Å². The first kappa shape index (κ1) is 20.5. The number of anilines is 2. The van der Waals surface area contributed by atoms with E-state index in [1.54, 1.807) is 6.07 Å². The SMILES string of the molecule is CN(C)Cc1ccc(CNC(=O)Nc2cc(Cl)ccc2N2CCOCC2)cc1. The second kappa shape index (κ2) is 9.78. The van der Waals surface area contributed by atoms with E-state index in [0.29, 0.717) is 30.5 Å². The van der Waals surface area contributed by atoms with Crippen LogP contribution in [-0.4, -0.2) is 51.3 Å². The molecule has 28 heavy (non-hydrogen) atoms.